The van der Waals surface area contributed by atoms with E-state index in [1.165, 1.54) is 27.8 Å². The molecule has 0 spiro atoms. The molecule has 0 aromatic heterocycles. The highest BCUT2D eigenvalue weighted by atomic mass is 32.2. The molecule has 1 unspecified atom stereocenters. The lowest BCUT2D eigenvalue weighted by Gasteiger charge is -2.26. The van der Waals surface area contributed by atoms with Crippen molar-refractivity contribution in [1.82, 2.24) is 0 Å². The minimum absolute atomic E-state index is 0.112. The van der Waals surface area contributed by atoms with Gasteiger partial charge < -0.3 is 0 Å². The van der Waals surface area contributed by atoms with E-state index in [1.807, 2.05) is 19.9 Å². The summed E-state index contributed by atoms with van der Waals surface area (Å²) in [5.74, 6) is 0.561. The van der Waals surface area contributed by atoms with Gasteiger partial charge in [-0.15, -0.1) is 0 Å². The van der Waals surface area contributed by atoms with E-state index >= 15 is 0 Å². The minimum atomic E-state index is 0.112. The molecule has 112 valence electrons. The first-order chi connectivity index (χ1) is 10.0. The molecule has 0 nitrogen and oxygen atoms in total. The molecule has 0 heterocycles. The largest absolute Gasteiger partial charge is 0.156 e. The van der Waals surface area contributed by atoms with E-state index in [2.05, 4.69) is 76.2 Å². The molecule has 0 aliphatic carbocycles. The summed E-state index contributed by atoms with van der Waals surface area (Å²) in [7, 11) is 0. The van der Waals surface area contributed by atoms with Gasteiger partial charge >= 0.3 is 0 Å². The molecule has 0 amide bonds. The van der Waals surface area contributed by atoms with Crippen LogP contribution in [-0.4, -0.2) is 0 Å². The normalized spacial score (nSPS) is 12.9. The van der Waals surface area contributed by atoms with Crippen molar-refractivity contribution >= 4 is 11.8 Å². The van der Waals surface area contributed by atoms with Gasteiger partial charge in [-0.25, -0.2) is 0 Å². The monoisotopic (exact) mass is 299 g/mol. The maximum atomic E-state index is 3.09. The fraction of sp³-hybridized carbons (Fsp3) is 0.400. The average Bonchev–Trinajstić information content (AvgIpc) is 2.52. The number of thiol groups is 1. The lowest BCUT2D eigenvalue weighted by molar-refractivity contribution is 0.484. The zero-order chi connectivity index (χ0) is 15.9. The number of benzene rings is 1. The van der Waals surface area contributed by atoms with Crippen LogP contribution in [0.2, 0.25) is 0 Å². The minimum Gasteiger partial charge on any atom is -0.0702 e. The maximum absolute atomic E-state index is 3.09. The van der Waals surface area contributed by atoms with Crippen LogP contribution in [0.15, 0.2) is 47.4 Å². The molecule has 0 aliphatic rings. The smallest absolute Gasteiger partial charge is 0.0702 e. The van der Waals surface area contributed by atoms with Crippen molar-refractivity contribution in [2.45, 2.75) is 51.2 Å². The zero-order valence-electron chi connectivity index (χ0n) is 14.1. The van der Waals surface area contributed by atoms with Gasteiger partial charge in [0.05, 0.1) is 0 Å². The molecule has 0 aliphatic heterocycles. The number of hydrogen-bond donors (Lipinski definition) is 0. The van der Waals surface area contributed by atoms with Gasteiger partial charge in [0.25, 0.3) is 0 Å². The van der Waals surface area contributed by atoms with Crippen molar-refractivity contribution in [3.63, 3.8) is 0 Å². The molecule has 2 aromatic rings. The molecule has 2 rings (SSSR count). The summed E-state index contributed by atoms with van der Waals surface area (Å²) in [4.78, 5) is 1.37. The molecular weight excluding hydrogens is 272 g/mol. The molecule has 0 saturated carbocycles. The Morgan fingerprint density at radius 2 is 1.62 bits per heavy atom. The van der Waals surface area contributed by atoms with Crippen molar-refractivity contribution < 1.29 is 0 Å². The van der Waals surface area contributed by atoms with E-state index in [9.17, 15) is 0 Å². The lowest BCUT2D eigenvalue weighted by atomic mass is 9.89. The number of hydrogen-bond acceptors (Lipinski definition) is 0. The molecular formula is C20H27S+. The summed E-state index contributed by atoms with van der Waals surface area (Å²) < 4.78 is 0.112. The van der Waals surface area contributed by atoms with Gasteiger partial charge in [0.15, 0.2) is 9.64 Å². The van der Waals surface area contributed by atoms with Crippen LogP contribution < -0.4 is 0 Å². The summed E-state index contributed by atoms with van der Waals surface area (Å²) in [6, 6.07) is 21.1. The van der Waals surface area contributed by atoms with E-state index in [0.29, 0.717) is 5.92 Å². The highest BCUT2D eigenvalue weighted by molar-refractivity contribution is 7.79. The Labute approximate surface area is 135 Å². The van der Waals surface area contributed by atoms with E-state index in [0.717, 1.165) is 0 Å². The summed E-state index contributed by atoms with van der Waals surface area (Å²) in [6.07, 6.45) is 0. The van der Waals surface area contributed by atoms with Gasteiger partial charge in [0, 0.05) is 23.2 Å². The van der Waals surface area contributed by atoms with Crippen LogP contribution >= 0.6 is 0 Å². The SMILES string of the molecule is CC.Cc1ccc([SH+]C(C)(c2cc#ccc2)C(C)C)cc1. The predicted octanol–water partition coefficient (Wildman–Crippen LogP) is 5.37. The van der Waals surface area contributed by atoms with Gasteiger partial charge in [-0.05, 0) is 44.2 Å². The quantitative estimate of drug-likeness (QED) is 0.526. The first-order valence-electron chi connectivity index (χ1n) is 7.70. The van der Waals surface area contributed by atoms with Gasteiger partial charge in [-0.3, -0.25) is 0 Å². The van der Waals surface area contributed by atoms with Gasteiger partial charge in [0.1, 0.15) is 0 Å². The third-order valence-corrected chi connectivity index (χ3v) is 5.56. The predicted molar refractivity (Wildman–Crippen MR) is 95.9 cm³/mol. The highest BCUT2D eigenvalue weighted by Crippen LogP contribution is 2.35. The van der Waals surface area contributed by atoms with E-state index in [-0.39, 0.29) is 4.75 Å². The summed E-state index contributed by atoms with van der Waals surface area (Å²) in [6.45, 7) is 13.0. The Morgan fingerprint density at radius 3 is 2.10 bits per heavy atom. The second-order valence-corrected chi connectivity index (χ2v) is 7.14. The molecule has 0 saturated heterocycles. The number of aryl methyl sites for hydroxylation is 1. The Bertz CT molecular complexity index is 513. The first kappa shape index (κ1) is 17.7. The molecule has 0 radical (unpaired) electrons. The van der Waals surface area contributed by atoms with Crippen LogP contribution in [0.1, 0.15) is 45.7 Å². The van der Waals surface area contributed by atoms with Crippen molar-refractivity contribution in [3.8, 4) is 0 Å². The molecule has 1 atom stereocenters. The van der Waals surface area contributed by atoms with Crippen molar-refractivity contribution in [1.29, 1.82) is 0 Å². The third kappa shape index (κ3) is 4.55. The standard InChI is InChI=1S/C18H20S.C2H6/c1-14(2)18(4,16-8-6-5-7-9-16)19-17-12-10-15(3)11-13-17;1-2/h6,8-14H,1-4H3;1-2H3/p+1. The summed E-state index contributed by atoms with van der Waals surface area (Å²) in [5.41, 5.74) is 2.65. The van der Waals surface area contributed by atoms with Crippen molar-refractivity contribution in [3.05, 3.63) is 65.7 Å². The van der Waals surface area contributed by atoms with Crippen LogP contribution in [0.3, 0.4) is 0 Å². The van der Waals surface area contributed by atoms with Crippen LogP contribution in [0.5, 0.6) is 0 Å². The van der Waals surface area contributed by atoms with Crippen LogP contribution in [-0.2, 0) is 16.5 Å². The third-order valence-electron chi connectivity index (χ3n) is 3.76. The lowest BCUT2D eigenvalue weighted by Crippen LogP contribution is -2.30. The Kier molecular flexibility index (Phi) is 6.85. The maximum Gasteiger partial charge on any atom is 0.156 e. The van der Waals surface area contributed by atoms with Crippen LogP contribution in [0, 0.1) is 25.0 Å². The second kappa shape index (κ2) is 8.15. The van der Waals surface area contributed by atoms with E-state index in [1.54, 1.807) is 0 Å². The fourth-order valence-corrected chi connectivity index (χ4v) is 3.44. The molecule has 2 aromatic carbocycles. The molecule has 21 heavy (non-hydrogen) atoms. The van der Waals surface area contributed by atoms with Gasteiger partial charge in [0.2, 0.25) is 0 Å². The van der Waals surface area contributed by atoms with Crippen molar-refractivity contribution in [2.75, 3.05) is 0 Å². The molecule has 1 heteroatoms. The first-order valence-corrected chi connectivity index (χ1v) is 8.59. The summed E-state index contributed by atoms with van der Waals surface area (Å²) in [5, 5.41) is 0. The van der Waals surface area contributed by atoms with Gasteiger partial charge in [-0.2, -0.15) is 0 Å². The molecule has 0 bridgehead atoms. The fourth-order valence-electron chi connectivity index (χ4n) is 2.08. The van der Waals surface area contributed by atoms with Crippen LogP contribution in [0.4, 0.5) is 0 Å². The summed E-state index contributed by atoms with van der Waals surface area (Å²) >= 11 is 1.35. The van der Waals surface area contributed by atoms with E-state index in [4.69, 9.17) is 0 Å². The molecule has 0 fully saturated rings. The number of rotatable bonds is 4. The highest BCUT2D eigenvalue weighted by Gasteiger charge is 2.39. The second-order valence-electron chi connectivity index (χ2n) is 5.47. The Hall–Kier alpha value is -1.39. The van der Waals surface area contributed by atoms with Crippen LogP contribution in [0.25, 0.3) is 0 Å². The average molecular weight is 300 g/mol. The Balaban J connectivity index is 0.00000106. The Morgan fingerprint density at radius 1 is 1.00 bits per heavy atom. The topological polar surface area (TPSA) is 0 Å². The van der Waals surface area contributed by atoms with E-state index < -0.39 is 0 Å². The van der Waals surface area contributed by atoms with Crippen molar-refractivity contribution in [2.24, 2.45) is 5.92 Å². The van der Waals surface area contributed by atoms with Gasteiger partial charge in [-0.1, -0.05) is 57.5 Å². The molecule has 0 N–H and O–H groups in total. The zero-order valence-corrected chi connectivity index (χ0v) is 15.0.